The molecule has 0 unspecified atom stereocenters. The summed E-state index contributed by atoms with van der Waals surface area (Å²) in [4.78, 5) is 27.4. The van der Waals surface area contributed by atoms with Crippen molar-refractivity contribution in [2.75, 3.05) is 13.1 Å². The van der Waals surface area contributed by atoms with Crippen LogP contribution >= 0.6 is 15.9 Å². The first-order valence-corrected chi connectivity index (χ1v) is 6.89. The summed E-state index contributed by atoms with van der Waals surface area (Å²) in [6.07, 6.45) is -1.06. The van der Waals surface area contributed by atoms with Gasteiger partial charge in [-0.2, -0.15) is 0 Å². The molecule has 0 aliphatic carbocycles. The van der Waals surface area contributed by atoms with Gasteiger partial charge in [-0.3, -0.25) is 4.79 Å². The van der Waals surface area contributed by atoms with Gasteiger partial charge in [-0.05, 0) is 18.2 Å². The average Bonchev–Trinajstić information content (AvgIpc) is 2.75. The monoisotopic (exact) mass is 337 g/mol. The molecule has 0 saturated carbocycles. The second-order valence-electron chi connectivity index (χ2n) is 4.77. The third kappa shape index (κ3) is 2.36. The van der Waals surface area contributed by atoms with Crippen LogP contribution in [0.1, 0.15) is 10.5 Å². The number of fused-ring (bicyclic) bond motifs is 1. The Kier molecular flexibility index (Phi) is 3.13. The van der Waals surface area contributed by atoms with E-state index in [4.69, 9.17) is 5.11 Å². The van der Waals surface area contributed by atoms with Gasteiger partial charge < -0.3 is 20.3 Å². The summed E-state index contributed by atoms with van der Waals surface area (Å²) in [5.41, 5.74) is 1.41. The lowest BCUT2D eigenvalue weighted by molar-refractivity contribution is 0.0559. The lowest BCUT2D eigenvalue weighted by Crippen LogP contribution is -2.60. The maximum Gasteiger partial charge on any atom is 0.405 e. The predicted octanol–water partition coefficient (Wildman–Crippen LogP) is 2.02. The summed E-state index contributed by atoms with van der Waals surface area (Å²) in [6, 6.07) is 7.40. The molecule has 0 spiro atoms. The van der Waals surface area contributed by atoms with Gasteiger partial charge in [0, 0.05) is 28.5 Å². The molecule has 2 amide bonds. The van der Waals surface area contributed by atoms with Crippen molar-refractivity contribution < 1.29 is 14.7 Å². The van der Waals surface area contributed by atoms with Crippen molar-refractivity contribution in [3.8, 4) is 0 Å². The fraction of sp³-hybridized carbons (Fsp3) is 0.231. The van der Waals surface area contributed by atoms with Crippen LogP contribution < -0.4 is 5.32 Å². The Morgan fingerprint density at radius 2 is 2.10 bits per heavy atom. The smallest absolute Gasteiger partial charge is 0.405 e. The van der Waals surface area contributed by atoms with Crippen LogP contribution in [0.2, 0.25) is 0 Å². The van der Waals surface area contributed by atoms with Crippen molar-refractivity contribution in [2.45, 2.75) is 6.04 Å². The van der Waals surface area contributed by atoms with E-state index in [1.807, 2.05) is 24.3 Å². The van der Waals surface area contributed by atoms with Crippen LogP contribution in [0.25, 0.3) is 10.9 Å². The topological polar surface area (TPSA) is 85.4 Å². The van der Waals surface area contributed by atoms with Crippen molar-refractivity contribution in [2.24, 2.45) is 0 Å². The highest BCUT2D eigenvalue weighted by molar-refractivity contribution is 9.10. The first kappa shape index (κ1) is 13.0. The highest BCUT2D eigenvalue weighted by Crippen LogP contribution is 2.22. The normalized spacial score (nSPS) is 15.2. The number of likely N-dealkylation sites (tertiary alicyclic amines) is 1. The lowest BCUT2D eigenvalue weighted by atomic mass is 10.1. The second-order valence-corrected chi connectivity index (χ2v) is 5.69. The molecule has 3 rings (SSSR count). The Labute approximate surface area is 122 Å². The molecular formula is C13H12BrN3O3. The Balaban J connectivity index is 1.72. The number of H-pyrrole nitrogens is 1. The number of aromatic amines is 1. The van der Waals surface area contributed by atoms with Gasteiger partial charge in [-0.15, -0.1) is 0 Å². The number of rotatable bonds is 2. The molecule has 0 radical (unpaired) electrons. The SMILES string of the molecule is O=C(O)NC1CN(C(=O)c2cc3ccc(Br)cc3[nH]2)C1. The predicted molar refractivity (Wildman–Crippen MR) is 76.9 cm³/mol. The fourth-order valence-corrected chi connectivity index (χ4v) is 2.66. The number of carbonyl (C=O) groups excluding carboxylic acids is 1. The maximum atomic E-state index is 12.2. The van der Waals surface area contributed by atoms with Gasteiger partial charge in [0.1, 0.15) is 5.69 Å². The van der Waals surface area contributed by atoms with E-state index in [-0.39, 0.29) is 11.9 Å². The number of hydrogen-bond donors (Lipinski definition) is 3. The number of carboxylic acid groups (broad SMARTS) is 1. The van der Waals surface area contributed by atoms with E-state index < -0.39 is 6.09 Å². The van der Waals surface area contributed by atoms with E-state index >= 15 is 0 Å². The van der Waals surface area contributed by atoms with Gasteiger partial charge in [-0.25, -0.2) is 4.79 Å². The summed E-state index contributed by atoms with van der Waals surface area (Å²) in [5.74, 6) is -0.110. The standard InChI is InChI=1S/C13H12BrN3O3/c14-8-2-1-7-3-11(16-10(7)4-8)12(18)17-5-9(6-17)15-13(19)20/h1-4,9,15-16H,5-6H2,(H,19,20). The minimum atomic E-state index is -1.06. The van der Waals surface area contributed by atoms with Crippen LogP contribution in [0.15, 0.2) is 28.7 Å². The highest BCUT2D eigenvalue weighted by Gasteiger charge is 2.32. The van der Waals surface area contributed by atoms with Crippen molar-refractivity contribution in [3.63, 3.8) is 0 Å². The van der Waals surface area contributed by atoms with Gasteiger partial charge in [0.25, 0.3) is 5.91 Å². The number of nitrogens with zero attached hydrogens (tertiary/aromatic N) is 1. The summed E-state index contributed by atoms with van der Waals surface area (Å²) in [7, 11) is 0. The minimum Gasteiger partial charge on any atom is -0.465 e. The van der Waals surface area contributed by atoms with Crippen LogP contribution in [0.3, 0.4) is 0 Å². The van der Waals surface area contributed by atoms with E-state index in [0.717, 1.165) is 15.4 Å². The molecule has 3 N–H and O–H groups in total. The van der Waals surface area contributed by atoms with Crippen LogP contribution in [0.5, 0.6) is 0 Å². The summed E-state index contributed by atoms with van der Waals surface area (Å²) >= 11 is 3.38. The molecule has 1 aromatic carbocycles. The maximum absolute atomic E-state index is 12.2. The van der Waals surface area contributed by atoms with Crippen molar-refractivity contribution in [1.29, 1.82) is 0 Å². The molecule has 7 heteroatoms. The number of nitrogens with one attached hydrogen (secondary N) is 2. The van der Waals surface area contributed by atoms with E-state index in [0.29, 0.717) is 18.8 Å². The van der Waals surface area contributed by atoms with Gasteiger partial charge >= 0.3 is 6.09 Å². The summed E-state index contributed by atoms with van der Waals surface area (Å²) < 4.78 is 0.945. The summed E-state index contributed by atoms with van der Waals surface area (Å²) in [6.45, 7) is 0.814. The van der Waals surface area contributed by atoms with Crippen molar-refractivity contribution in [3.05, 3.63) is 34.4 Å². The largest absolute Gasteiger partial charge is 0.465 e. The Bertz CT molecular complexity index is 691. The van der Waals surface area contributed by atoms with E-state index in [9.17, 15) is 9.59 Å². The highest BCUT2D eigenvalue weighted by atomic mass is 79.9. The van der Waals surface area contributed by atoms with Gasteiger partial charge in [0.2, 0.25) is 0 Å². The molecule has 1 fully saturated rings. The molecule has 0 atom stereocenters. The molecule has 1 aliphatic heterocycles. The zero-order chi connectivity index (χ0) is 14.3. The molecule has 2 aromatic rings. The average molecular weight is 338 g/mol. The molecule has 1 aliphatic rings. The number of aromatic nitrogens is 1. The molecular weight excluding hydrogens is 326 g/mol. The van der Waals surface area contributed by atoms with E-state index in [1.54, 1.807) is 4.90 Å². The minimum absolute atomic E-state index is 0.110. The number of benzene rings is 1. The zero-order valence-corrected chi connectivity index (χ0v) is 12.0. The molecule has 6 nitrogen and oxygen atoms in total. The number of halogens is 1. The molecule has 20 heavy (non-hydrogen) atoms. The van der Waals surface area contributed by atoms with Crippen LogP contribution in [0, 0.1) is 0 Å². The third-order valence-corrected chi connectivity index (χ3v) is 3.80. The first-order valence-electron chi connectivity index (χ1n) is 6.10. The molecule has 0 bridgehead atoms. The number of carbonyl (C=O) groups is 2. The van der Waals surface area contributed by atoms with Crippen LogP contribution in [-0.2, 0) is 0 Å². The van der Waals surface area contributed by atoms with Crippen molar-refractivity contribution >= 4 is 38.8 Å². The van der Waals surface area contributed by atoms with E-state index in [2.05, 4.69) is 26.2 Å². The third-order valence-electron chi connectivity index (χ3n) is 3.31. The van der Waals surface area contributed by atoms with Crippen LogP contribution in [0.4, 0.5) is 4.79 Å². The molecule has 2 heterocycles. The Morgan fingerprint density at radius 1 is 1.35 bits per heavy atom. The van der Waals surface area contributed by atoms with Crippen molar-refractivity contribution in [1.82, 2.24) is 15.2 Å². The first-order chi connectivity index (χ1) is 9.52. The fourth-order valence-electron chi connectivity index (χ4n) is 2.30. The Hall–Kier alpha value is -2.02. The Morgan fingerprint density at radius 3 is 2.80 bits per heavy atom. The van der Waals surface area contributed by atoms with Gasteiger partial charge in [0.05, 0.1) is 6.04 Å². The second kappa shape index (κ2) is 4.82. The van der Waals surface area contributed by atoms with Crippen LogP contribution in [-0.4, -0.2) is 46.1 Å². The lowest BCUT2D eigenvalue weighted by Gasteiger charge is -2.38. The number of hydrogen-bond acceptors (Lipinski definition) is 2. The van der Waals surface area contributed by atoms with Gasteiger partial charge in [-0.1, -0.05) is 22.0 Å². The van der Waals surface area contributed by atoms with Gasteiger partial charge in [0.15, 0.2) is 0 Å². The molecule has 1 aromatic heterocycles. The van der Waals surface area contributed by atoms with E-state index in [1.165, 1.54) is 0 Å². The molecule has 104 valence electrons. The zero-order valence-electron chi connectivity index (χ0n) is 10.4. The summed E-state index contributed by atoms with van der Waals surface area (Å²) in [5, 5.41) is 11.9. The molecule has 1 saturated heterocycles. The number of amides is 2. The quantitative estimate of drug-likeness (QED) is 0.783.